The first-order chi connectivity index (χ1) is 13.9. The Morgan fingerprint density at radius 2 is 1.80 bits per heavy atom. The van der Waals surface area contributed by atoms with E-state index in [1.54, 1.807) is 0 Å². The van der Waals surface area contributed by atoms with Gasteiger partial charge in [-0.25, -0.2) is 0 Å². The first kappa shape index (κ1) is 22.1. The molecule has 30 heavy (non-hydrogen) atoms. The minimum absolute atomic E-state index is 0.179. The topological polar surface area (TPSA) is 49.4 Å². The van der Waals surface area contributed by atoms with E-state index in [2.05, 4.69) is 31.0 Å². The molecule has 4 aliphatic rings. The summed E-state index contributed by atoms with van der Waals surface area (Å²) in [5.74, 6) is 4.08. The summed E-state index contributed by atoms with van der Waals surface area (Å²) in [5.41, 5.74) is 0.303. The summed E-state index contributed by atoms with van der Waals surface area (Å²) >= 11 is 0. The predicted octanol–water partition coefficient (Wildman–Crippen LogP) is 4.87. The molecule has 0 aromatic carbocycles. The Kier molecular flexibility index (Phi) is 5.34. The molecule has 0 aromatic rings. The number of carbonyl (C=O) groups excluding carboxylic acids is 2. The number of carbonyl (C=O) groups is 2. The zero-order valence-electron chi connectivity index (χ0n) is 20.4. The fourth-order valence-electron chi connectivity index (χ4n) is 8.52. The third-order valence-corrected chi connectivity index (χ3v) is 10.3. The van der Waals surface area contributed by atoms with Crippen LogP contribution in [0.3, 0.4) is 0 Å². The molecule has 4 fully saturated rings. The maximum atomic E-state index is 12.5. The summed E-state index contributed by atoms with van der Waals surface area (Å²) in [6, 6.07) is 0.435. The van der Waals surface area contributed by atoms with E-state index in [0.29, 0.717) is 29.2 Å². The molecule has 4 nitrogen and oxygen atoms in total. The van der Waals surface area contributed by atoms with Crippen LogP contribution >= 0.6 is 0 Å². The van der Waals surface area contributed by atoms with Crippen LogP contribution in [0.5, 0.6) is 0 Å². The second-order valence-electron chi connectivity index (χ2n) is 12.8. The number of fused-ring (bicyclic) bond motifs is 5. The van der Waals surface area contributed by atoms with Crippen molar-refractivity contribution in [2.75, 3.05) is 13.6 Å². The van der Waals surface area contributed by atoms with E-state index in [9.17, 15) is 9.59 Å². The first-order valence-electron chi connectivity index (χ1n) is 12.4. The number of piperidine rings is 1. The molecule has 1 aliphatic heterocycles. The van der Waals surface area contributed by atoms with Crippen molar-refractivity contribution in [2.24, 2.45) is 45.8 Å². The molecule has 2 amide bonds. The fourth-order valence-corrected chi connectivity index (χ4v) is 8.52. The van der Waals surface area contributed by atoms with Gasteiger partial charge in [-0.05, 0) is 78.9 Å². The smallest absolute Gasteiger partial charge is 0.225 e. The van der Waals surface area contributed by atoms with E-state index >= 15 is 0 Å². The molecule has 0 radical (unpaired) electrons. The van der Waals surface area contributed by atoms with Crippen LogP contribution in [0.2, 0.25) is 0 Å². The largest absolute Gasteiger partial charge is 0.355 e. The maximum Gasteiger partial charge on any atom is 0.225 e. The van der Waals surface area contributed by atoms with E-state index in [-0.39, 0.29) is 16.7 Å². The molecule has 0 aromatic heterocycles. The number of rotatable bonds is 2. The van der Waals surface area contributed by atoms with Gasteiger partial charge in [0, 0.05) is 31.5 Å². The summed E-state index contributed by atoms with van der Waals surface area (Å²) in [6.07, 6.45) is 8.13. The average Bonchev–Trinajstić information content (AvgIpc) is 2.92. The van der Waals surface area contributed by atoms with Gasteiger partial charge < -0.3 is 10.2 Å². The van der Waals surface area contributed by atoms with Crippen molar-refractivity contribution >= 4 is 11.8 Å². The van der Waals surface area contributed by atoms with Crippen LogP contribution in [-0.4, -0.2) is 36.3 Å². The third kappa shape index (κ3) is 3.23. The van der Waals surface area contributed by atoms with Crippen LogP contribution in [0.25, 0.3) is 0 Å². The number of amides is 2. The van der Waals surface area contributed by atoms with Crippen LogP contribution in [0.15, 0.2) is 0 Å². The van der Waals surface area contributed by atoms with Crippen molar-refractivity contribution < 1.29 is 9.59 Å². The molecule has 1 heterocycles. The van der Waals surface area contributed by atoms with Crippen molar-refractivity contribution in [2.45, 2.75) is 92.5 Å². The van der Waals surface area contributed by atoms with Crippen molar-refractivity contribution in [1.82, 2.24) is 10.2 Å². The van der Waals surface area contributed by atoms with Gasteiger partial charge in [-0.3, -0.25) is 9.59 Å². The second kappa shape index (κ2) is 7.24. The highest BCUT2D eigenvalue weighted by atomic mass is 16.2. The predicted molar refractivity (Wildman–Crippen MR) is 121 cm³/mol. The number of likely N-dealkylation sites (tertiary alicyclic amines) is 1. The maximum absolute atomic E-state index is 12.5. The monoisotopic (exact) mass is 416 g/mol. The Bertz CT molecular complexity index is 712. The van der Waals surface area contributed by atoms with Crippen molar-refractivity contribution in [3.05, 3.63) is 0 Å². The van der Waals surface area contributed by atoms with Gasteiger partial charge in [0.2, 0.25) is 11.8 Å². The van der Waals surface area contributed by atoms with E-state index < -0.39 is 0 Å². The number of nitrogens with zero attached hydrogens (tertiary/aromatic N) is 1. The number of nitrogens with one attached hydrogen (secondary N) is 1. The number of hydrogen-bond acceptors (Lipinski definition) is 2. The molecule has 3 saturated carbocycles. The lowest BCUT2D eigenvalue weighted by Crippen LogP contribution is -2.61. The summed E-state index contributed by atoms with van der Waals surface area (Å²) in [7, 11) is 2.04. The fraction of sp³-hybridized carbons (Fsp3) is 0.923. The highest BCUT2D eigenvalue weighted by molar-refractivity contribution is 5.81. The van der Waals surface area contributed by atoms with Gasteiger partial charge >= 0.3 is 0 Å². The standard InChI is InChI=1S/C26H44N2O2/c1-16-14-19-17-8-9-21-26(6,13-11-22(29)28(21)7)18(17)10-12-25(19,5)20(16)15-27-23(30)24(2,3)4/h16-21H,8-15H2,1-7H3,(H,27,30)/t16?,17-,18+,19+,20+,21-,25+,26-/m1/s1. The summed E-state index contributed by atoms with van der Waals surface area (Å²) < 4.78 is 0. The van der Waals surface area contributed by atoms with Crippen LogP contribution in [0.4, 0.5) is 0 Å². The molecule has 1 saturated heterocycles. The van der Waals surface area contributed by atoms with E-state index in [0.717, 1.165) is 37.1 Å². The van der Waals surface area contributed by atoms with Gasteiger partial charge in [-0.1, -0.05) is 41.5 Å². The zero-order chi connectivity index (χ0) is 22.1. The van der Waals surface area contributed by atoms with E-state index in [1.807, 2.05) is 27.8 Å². The van der Waals surface area contributed by atoms with Gasteiger partial charge in [0.1, 0.15) is 0 Å². The van der Waals surface area contributed by atoms with Crippen LogP contribution < -0.4 is 5.32 Å². The molecule has 3 aliphatic carbocycles. The van der Waals surface area contributed by atoms with Crippen LogP contribution in [-0.2, 0) is 9.59 Å². The van der Waals surface area contributed by atoms with Gasteiger partial charge in [0.05, 0.1) is 0 Å². The lowest BCUT2D eigenvalue weighted by molar-refractivity contribution is -0.158. The molecule has 0 spiro atoms. The lowest BCUT2D eigenvalue weighted by Gasteiger charge is -2.61. The van der Waals surface area contributed by atoms with Gasteiger partial charge in [0.25, 0.3) is 0 Å². The molecule has 1 N–H and O–H groups in total. The summed E-state index contributed by atoms with van der Waals surface area (Å²) in [5, 5.41) is 3.31. The average molecular weight is 417 g/mol. The highest BCUT2D eigenvalue weighted by Gasteiger charge is 2.62. The number of hydrogen-bond donors (Lipinski definition) is 1. The molecule has 1 unspecified atom stereocenters. The summed E-state index contributed by atoms with van der Waals surface area (Å²) in [6.45, 7) is 14.3. The molecule has 8 atom stereocenters. The minimum Gasteiger partial charge on any atom is -0.355 e. The van der Waals surface area contributed by atoms with Crippen LogP contribution in [0.1, 0.15) is 86.5 Å². The van der Waals surface area contributed by atoms with Crippen molar-refractivity contribution in [3.8, 4) is 0 Å². The highest BCUT2D eigenvalue weighted by Crippen LogP contribution is 2.67. The molecule has 4 heteroatoms. The van der Waals surface area contributed by atoms with Crippen molar-refractivity contribution in [3.63, 3.8) is 0 Å². The Balaban J connectivity index is 1.53. The molecule has 0 bridgehead atoms. The van der Waals surface area contributed by atoms with E-state index in [1.165, 1.54) is 32.1 Å². The van der Waals surface area contributed by atoms with Crippen LogP contribution in [0, 0.1) is 45.8 Å². The molecular formula is C26H44N2O2. The quantitative estimate of drug-likeness (QED) is 0.698. The van der Waals surface area contributed by atoms with Gasteiger partial charge in [-0.2, -0.15) is 0 Å². The Hall–Kier alpha value is -1.06. The Labute approximate surface area is 183 Å². The third-order valence-electron chi connectivity index (χ3n) is 10.3. The lowest BCUT2D eigenvalue weighted by atomic mass is 9.47. The second-order valence-corrected chi connectivity index (χ2v) is 12.8. The summed E-state index contributed by atoms with van der Waals surface area (Å²) in [4.78, 5) is 27.0. The SMILES string of the molecule is CC1C[C@H]2[C@@H]3CC[C@H]4N(C)C(=O)CC[C@]4(C)[C@H]3CC[C@]2(C)[C@H]1CNC(=O)C(C)(C)C. The van der Waals surface area contributed by atoms with Crippen molar-refractivity contribution in [1.29, 1.82) is 0 Å². The van der Waals surface area contributed by atoms with E-state index in [4.69, 9.17) is 0 Å². The Morgan fingerprint density at radius 3 is 2.47 bits per heavy atom. The van der Waals surface area contributed by atoms with Gasteiger partial charge in [-0.15, -0.1) is 0 Å². The molecule has 170 valence electrons. The minimum atomic E-state index is -0.322. The zero-order valence-corrected chi connectivity index (χ0v) is 20.4. The van der Waals surface area contributed by atoms with Gasteiger partial charge in [0.15, 0.2) is 0 Å². The normalized spacial score (nSPS) is 46.1. The first-order valence-corrected chi connectivity index (χ1v) is 12.4. The molecule has 4 rings (SSSR count). The Morgan fingerprint density at radius 1 is 1.10 bits per heavy atom. The molecular weight excluding hydrogens is 372 g/mol.